The second kappa shape index (κ2) is 9.70. The molecule has 0 aromatic carbocycles. The van der Waals surface area contributed by atoms with Crippen LogP contribution in [0.4, 0.5) is 14.5 Å². The third kappa shape index (κ3) is 4.80. The molecule has 0 bridgehead atoms. The topological polar surface area (TPSA) is 123 Å². The lowest BCUT2D eigenvalue weighted by Crippen LogP contribution is -2.59. The maximum Gasteiger partial charge on any atom is 0.291 e. The fourth-order valence-electron chi connectivity index (χ4n) is 4.29. The van der Waals surface area contributed by atoms with Crippen LogP contribution in [0.2, 0.25) is 5.15 Å². The maximum absolute atomic E-state index is 13.4. The average molecular weight is 564 g/mol. The molecule has 0 amide bonds. The molecule has 0 spiro atoms. The Morgan fingerprint density at radius 2 is 2.19 bits per heavy atom. The summed E-state index contributed by atoms with van der Waals surface area (Å²) < 4.78 is 67.8. The van der Waals surface area contributed by atoms with E-state index in [9.17, 15) is 17.2 Å². The molecule has 2 aliphatic heterocycles. The third-order valence-corrected chi connectivity index (χ3v) is 8.76. The zero-order valence-corrected chi connectivity index (χ0v) is 21.8. The normalized spacial score (nSPS) is 20.3. The molecule has 2 saturated heterocycles. The fourth-order valence-corrected chi connectivity index (χ4v) is 6.64. The van der Waals surface area contributed by atoms with E-state index in [4.69, 9.17) is 21.1 Å². The largest absolute Gasteiger partial charge is 0.383 e. The van der Waals surface area contributed by atoms with E-state index in [-0.39, 0.29) is 40.1 Å². The number of pyridine rings is 1. The number of aromatic nitrogens is 4. The molecule has 196 valence electrons. The number of anilines is 1. The molecule has 3 aromatic rings. The standard InChI is InChI=1S/C20H24ClF2N7O4S2/c1-20(9-34-10-20)28-36(31,32)12-5-13(29-4-3-24-11(6-29)8-33-2)14-15(21)25-17(30(14)7-12)19-27-26-18(35-19)16(22)23/h5,7,11,16,24,28H,3-4,6,8-10H2,1-2H3. The van der Waals surface area contributed by atoms with Crippen LogP contribution in [0.15, 0.2) is 17.2 Å². The number of sulfonamides is 1. The molecule has 2 aliphatic rings. The zero-order valence-electron chi connectivity index (χ0n) is 19.4. The second-order valence-electron chi connectivity index (χ2n) is 8.96. The predicted octanol–water partition coefficient (Wildman–Crippen LogP) is 1.94. The van der Waals surface area contributed by atoms with Gasteiger partial charge in [-0.15, -0.1) is 10.2 Å². The van der Waals surface area contributed by atoms with Crippen LogP contribution in [0.25, 0.3) is 16.3 Å². The summed E-state index contributed by atoms with van der Waals surface area (Å²) in [5.41, 5.74) is 0.251. The Morgan fingerprint density at radius 3 is 2.83 bits per heavy atom. The van der Waals surface area contributed by atoms with E-state index in [1.165, 1.54) is 10.6 Å². The number of hydrogen-bond acceptors (Lipinski definition) is 10. The van der Waals surface area contributed by atoms with Gasteiger partial charge in [-0.05, 0) is 13.0 Å². The van der Waals surface area contributed by atoms with Gasteiger partial charge < -0.3 is 19.7 Å². The molecule has 11 nitrogen and oxygen atoms in total. The van der Waals surface area contributed by atoms with Crippen LogP contribution in [0.5, 0.6) is 0 Å². The number of alkyl halides is 2. The molecule has 2 fully saturated rings. The molecule has 0 radical (unpaired) electrons. The molecule has 5 rings (SSSR count). The summed E-state index contributed by atoms with van der Waals surface area (Å²) in [4.78, 5) is 6.33. The first kappa shape index (κ1) is 25.6. The summed E-state index contributed by atoms with van der Waals surface area (Å²) in [5, 5.41) is 10.5. The van der Waals surface area contributed by atoms with Crippen LogP contribution in [0.1, 0.15) is 18.4 Å². The van der Waals surface area contributed by atoms with Crippen molar-refractivity contribution >= 4 is 44.2 Å². The monoisotopic (exact) mass is 563 g/mol. The number of fused-ring (bicyclic) bond motifs is 1. The van der Waals surface area contributed by atoms with Gasteiger partial charge in [0.05, 0.1) is 31.0 Å². The molecule has 16 heteroatoms. The number of piperazine rings is 1. The second-order valence-corrected chi connectivity index (χ2v) is 12.0. The Labute approximate surface area is 214 Å². The van der Waals surface area contributed by atoms with Crippen LogP contribution < -0.4 is 14.9 Å². The number of hydrogen-bond donors (Lipinski definition) is 2. The predicted molar refractivity (Wildman–Crippen MR) is 129 cm³/mol. The first-order chi connectivity index (χ1) is 17.1. The minimum Gasteiger partial charge on any atom is -0.383 e. The molecule has 5 heterocycles. The van der Waals surface area contributed by atoms with Gasteiger partial charge in [-0.1, -0.05) is 22.9 Å². The Bertz CT molecular complexity index is 1380. The van der Waals surface area contributed by atoms with Gasteiger partial charge in [-0.2, -0.15) is 0 Å². The highest BCUT2D eigenvalue weighted by molar-refractivity contribution is 7.89. The number of nitrogens with zero attached hydrogens (tertiary/aromatic N) is 5. The quantitative estimate of drug-likeness (QED) is 0.423. The summed E-state index contributed by atoms with van der Waals surface area (Å²) >= 11 is 7.22. The van der Waals surface area contributed by atoms with E-state index in [0.717, 1.165) is 0 Å². The Balaban J connectivity index is 1.66. The lowest BCUT2D eigenvalue weighted by atomic mass is 10.0. The van der Waals surface area contributed by atoms with Crippen molar-refractivity contribution in [2.75, 3.05) is 51.5 Å². The molecule has 1 atom stereocenters. The number of ether oxygens (including phenoxy) is 2. The van der Waals surface area contributed by atoms with E-state index < -0.39 is 27.0 Å². The lowest BCUT2D eigenvalue weighted by molar-refractivity contribution is -0.0523. The maximum atomic E-state index is 13.4. The minimum atomic E-state index is -3.99. The lowest BCUT2D eigenvalue weighted by Gasteiger charge is -2.38. The summed E-state index contributed by atoms with van der Waals surface area (Å²) in [7, 11) is -2.39. The summed E-state index contributed by atoms with van der Waals surface area (Å²) in [6, 6.07) is 1.56. The van der Waals surface area contributed by atoms with Crippen LogP contribution in [-0.2, 0) is 19.5 Å². The smallest absolute Gasteiger partial charge is 0.291 e. The molecule has 36 heavy (non-hydrogen) atoms. The highest BCUT2D eigenvalue weighted by Gasteiger charge is 2.38. The van der Waals surface area contributed by atoms with Crippen molar-refractivity contribution < 1.29 is 26.7 Å². The van der Waals surface area contributed by atoms with Gasteiger partial charge >= 0.3 is 0 Å². The van der Waals surface area contributed by atoms with Gasteiger partial charge in [0, 0.05) is 39.0 Å². The van der Waals surface area contributed by atoms with Gasteiger partial charge in [0.1, 0.15) is 10.4 Å². The summed E-state index contributed by atoms with van der Waals surface area (Å²) in [5.74, 6) is 0.125. The van der Waals surface area contributed by atoms with Crippen molar-refractivity contribution in [3.05, 3.63) is 22.4 Å². The molecule has 1 unspecified atom stereocenters. The van der Waals surface area contributed by atoms with Gasteiger partial charge in [0.2, 0.25) is 10.0 Å². The number of nitrogens with one attached hydrogen (secondary N) is 2. The summed E-state index contributed by atoms with van der Waals surface area (Å²) in [6.07, 6.45) is -1.42. The Kier molecular flexibility index (Phi) is 6.91. The van der Waals surface area contributed by atoms with Crippen molar-refractivity contribution in [3.8, 4) is 10.8 Å². The third-order valence-electron chi connectivity index (χ3n) is 5.96. The van der Waals surface area contributed by atoms with Gasteiger partial charge in [-0.3, -0.25) is 4.40 Å². The first-order valence-corrected chi connectivity index (χ1v) is 13.7. The Morgan fingerprint density at radius 1 is 1.42 bits per heavy atom. The molecule has 3 aromatic heterocycles. The first-order valence-electron chi connectivity index (χ1n) is 11.0. The van der Waals surface area contributed by atoms with E-state index in [1.807, 2.05) is 4.90 Å². The average Bonchev–Trinajstić information content (AvgIpc) is 3.43. The SMILES string of the molecule is COCC1CN(c2cc(S(=O)(=O)NC3(C)COC3)cn3c(-c4nnc(C(F)F)s4)nc(Cl)c23)CCN1. The van der Waals surface area contributed by atoms with Gasteiger partial charge in [0.25, 0.3) is 6.43 Å². The molecule has 2 N–H and O–H groups in total. The van der Waals surface area contributed by atoms with Gasteiger partial charge in [-0.25, -0.2) is 26.9 Å². The van der Waals surface area contributed by atoms with Gasteiger partial charge in [0.15, 0.2) is 21.0 Å². The number of imidazole rings is 1. The molecule has 0 aliphatic carbocycles. The summed E-state index contributed by atoms with van der Waals surface area (Å²) in [6.45, 7) is 4.45. The molecular weight excluding hydrogens is 540 g/mol. The minimum absolute atomic E-state index is 0.00570. The zero-order chi connectivity index (χ0) is 25.7. The van der Waals surface area contributed by atoms with E-state index >= 15 is 0 Å². The van der Waals surface area contributed by atoms with Crippen molar-refractivity contribution in [2.45, 2.75) is 29.8 Å². The fraction of sp³-hybridized carbons (Fsp3) is 0.550. The number of rotatable bonds is 8. The van der Waals surface area contributed by atoms with Crippen LogP contribution in [-0.4, -0.2) is 86.1 Å². The van der Waals surface area contributed by atoms with Crippen molar-refractivity contribution in [3.63, 3.8) is 0 Å². The highest BCUT2D eigenvalue weighted by Crippen LogP contribution is 2.37. The van der Waals surface area contributed by atoms with Crippen molar-refractivity contribution in [2.24, 2.45) is 0 Å². The highest BCUT2D eigenvalue weighted by atomic mass is 35.5. The van der Waals surface area contributed by atoms with E-state index in [2.05, 4.69) is 25.2 Å². The van der Waals surface area contributed by atoms with E-state index in [1.54, 1.807) is 20.1 Å². The van der Waals surface area contributed by atoms with E-state index in [0.29, 0.717) is 48.8 Å². The number of methoxy groups -OCH3 is 1. The van der Waals surface area contributed by atoms with Crippen LogP contribution in [0, 0.1) is 0 Å². The molecular formula is C20H24ClF2N7O4S2. The van der Waals surface area contributed by atoms with Crippen LogP contribution in [0.3, 0.4) is 0 Å². The van der Waals surface area contributed by atoms with Crippen molar-refractivity contribution in [1.82, 2.24) is 29.6 Å². The number of halogens is 3. The van der Waals surface area contributed by atoms with Crippen molar-refractivity contribution in [1.29, 1.82) is 0 Å². The molecule has 0 saturated carbocycles. The Hall–Kier alpha value is -2.01. The van der Waals surface area contributed by atoms with Crippen LogP contribution >= 0.6 is 22.9 Å².